The lowest BCUT2D eigenvalue weighted by Crippen LogP contribution is -2.38. The monoisotopic (exact) mass is 236 g/mol. The van der Waals surface area contributed by atoms with Crippen LogP contribution in [0.25, 0.3) is 0 Å². The van der Waals surface area contributed by atoms with Crippen LogP contribution in [0, 0.1) is 0 Å². The molecule has 1 N–H and O–H groups in total. The Bertz CT molecular complexity index is 402. The van der Waals surface area contributed by atoms with Gasteiger partial charge in [-0.3, -0.25) is 4.79 Å². The summed E-state index contributed by atoms with van der Waals surface area (Å²) in [6.45, 7) is 2.06. The molecule has 1 aromatic carbocycles. The fraction of sp³-hybridized carbons (Fsp3) is 0.462. The van der Waals surface area contributed by atoms with Crippen molar-refractivity contribution >= 4 is 5.78 Å². The SMILES string of the molecule is CC(=O)c1ccccc1OC1OCCCC1O. The van der Waals surface area contributed by atoms with E-state index in [-0.39, 0.29) is 5.78 Å². The molecule has 0 radical (unpaired) electrons. The normalized spacial score (nSPS) is 24.4. The smallest absolute Gasteiger partial charge is 0.226 e. The molecule has 0 amide bonds. The van der Waals surface area contributed by atoms with Crippen LogP contribution in [0.5, 0.6) is 5.75 Å². The highest BCUT2D eigenvalue weighted by molar-refractivity contribution is 5.96. The van der Waals surface area contributed by atoms with E-state index in [4.69, 9.17) is 9.47 Å². The largest absolute Gasteiger partial charge is 0.461 e. The summed E-state index contributed by atoms with van der Waals surface area (Å²) in [5.41, 5.74) is 0.508. The van der Waals surface area contributed by atoms with Crippen LogP contribution in [0.3, 0.4) is 0 Å². The number of ketones is 1. The van der Waals surface area contributed by atoms with E-state index in [2.05, 4.69) is 0 Å². The number of hydrogen-bond acceptors (Lipinski definition) is 4. The second kappa shape index (κ2) is 5.29. The van der Waals surface area contributed by atoms with Gasteiger partial charge in [-0.2, -0.15) is 0 Å². The van der Waals surface area contributed by atoms with Gasteiger partial charge in [0.2, 0.25) is 6.29 Å². The maximum absolute atomic E-state index is 11.4. The Morgan fingerprint density at radius 2 is 2.24 bits per heavy atom. The second-order valence-corrected chi connectivity index (χ2v) is 4.12. The molecule has 1 heterocycles. The number of aliphatic hydroxyl groups is 1. The third-order valence-corrected chi connectivity index (χ3v) is 2.75. The number of aliphatic hydroxyl groups excluding tert-OH is 1. The van der Waals surface area contributed by atoms with Crippen molar-refractivity contribution in [1.82, 2.24) is 0 Å². The minimum atomic E-state index is -0.677. The molecule has 4 heteroatoms. The zero-order valence-corrected chi connectivity index (χ0v) is 9.76. The molecule has 1 aliphatic rings. The first-order chi connectivity index (χ1) is 8.18. The maximum atomic E-state index is 11.4. The van der Waals surface area contributed by atoms with E-state index in [0.717, 1.165) is 6.42 Å². The quantitative estimate of drug-likeness (QED) is 0.812. The van der Waals surface area contributed by atoms with Gasteiger partial charge in [0.1, 0.15) is 11.9 Å². The van der Waals surface area contributed by atoms with Crippen molar-refractivity contribution in [3.63, 3.8) is 0 Å². The van der Waals surface area contributed by atoms with Crippen LogP contribution in [0.15, 0.2) is 24.3 Å². The Hall–Kier alpha value is -1.39. The Morgan fingerprint density at radius 1 is 1.47 bits per heavy atom. The fourth-order valence-corrected chi connectivity index (χ4v) is 1.84. The van der Waals surface area contributed by atoms with Gasteiger partial charge in [-0.15, -0.1) is 0 Å². The van der Waals surface area contributed by atoms with Crippen molar-refractivity contribution in [2.75, 3.05) is 6.61 Å². The summed E-state index contributed by atoms with van der Waals surface area (Å²) in [6, 6.07) is 6.98. The Balaban J connectivity index is 2.14. The molecule has 1 saturated heterocycles. The fourth-order valence-electron chi connectivity index (χ4n) is 1.84. The van der Waals surface area contributed by atoms with Crippen molar-refractivity contribution in [2.24, 2.45) is 0 Å². The second-order valence-electron chi connectivity index (χ2n) is 4.12. The van der Waals surface area contributed by atoms with E-state index in [1.807, 2.05) is 0 Å². The predicted octanol–water partition coefficient (Wildman–Crippen LogP) is 1.77. The van der Waals surface area contributed by atoms with Crippen molar-refractivity contribution < 1.29 is 19.4 Å². The van der Waals surface area contributed by atoms with Gasteiger partial charge in [0.05, 0.1) is 12.2 Å². The average Bonchev–Trinajstić information content (AvgIpc) is 2.32. The summed E-state index contributed by atoms with van der Waals surface area (Å²) < 4.78 is 10.9. The molecule has 0 spiro atoms. The molecule has 4 nitrogen and oxygen atoms in total. The first-order valence-corrected chi connectivity index (χ1v) is 5.75. The van der Waals surface area contributed by atoms with E-state index in [0.29, 0.717) is 24.3 Å². The third kappa shape index (κ3) is 2.84. The van der Waals surface area contributed by atoms with Crippen LogP contribution < -0.4 is 4.74 Å². The molecule has 17 heavy (non-hydrogen) atoms. The Kier molecular flexibility index (Phi) is 3.76. The highest BCUT2D eigenvalue weighted by Crippen LogP contribution is 2.23. The zero-order chi connectivity index (χ0) is 12.3. The first-order valence-electron chi connectivity index (χ1n) is 5.75. The van der Waals surface area contributed by atoms with Crippen LogP contribution in [-0.4, -0.2) is 29.9 Å². The molecule has 0 aromatic heterocycles. The topological polar surface area (TPSA) is 55.8 Å². The van der Waals surface area contributed by atoms with Crippen LogP contribution in [-0.2, 0) is 4.74 Å². The van der Waals surface area contributed by atoms with Crippen molar-refractivity contribution in [3.8, 4) is 5.75 Å². The summed E-state index contributed by atoms with van der Waals surface area (Å²) in [7, 11) is 0. The van der Waals surface area contributed by atoms with Gasteiger partial charge in [-0.05, 0) is 31.9 Å². The molecule has 0 aliphatic carbocycles. The number of para-hydroxylation sites is 1. The van der Waals surface area contributed by atoms with Gasteiger partial charge in [-0.25, -0.2) is 0 Å². The number of hydrogen-bond donors (Lipinski definition) is 1. The van der Waals surface area contributed by atoms with E-state index in [9.17, 15) is 9.90 Å². The third-order valence-electron chi connectivity index (χ3n) is 2.75. The molecule has 2 atom stereocenters. The summed E-state index contributed by atoms with van der Waals surface area (Å²) in [6.07, 6.45) is 0.176. The molecule has 0 bridgehead atoms. The average molecular weight is 236 g/mol. The number of ether oxygens (including phenoxy) is 2. The lowest BCUT2D eigenvalue weighted by molar-refractivity contribution is -0.170. The van der Waals surface area contributed by atoms with Gasteiger partial charge >= 0.3 is 0 Å². The van der Waals surface area contributed by atoms with E-state index in [1.54, 1.807) is 24.3 Å². The van der Waals surface area contributed by atoms with Gasteiger partial charge in [0.25, 0.3) is 0 Å². The molecule has 1 aliphatic heterocycles. The molecular weight excluding hydrogens is 220 g/mol. The van der Waals surface area contributed by atoms with Crippen LogP contribution in [0.1, 0.15) is 30.1 Å². The zero-order valence-electron chi connectivity index (χ0n) is 9.76. The minimum absolute atomic E-state index is 0.0640. The van der Waals surface area contributed by atoms with Crippen LogP contribution in [0.2, 0.25) is 0 Å². The molecular formula is C13H16O4. The van der Waals surface area contributed by atoms with E-state index < -0.39 is 12.4 Å². The minimum Gasteiger partial charge on any atom is -0.461 e. The highest BCUT2D eigenvalue weighted by atomic mass is 16.7. The molecule has 2 unspecified atom stereocenters. The summed E-state index contributed by atoms with van der Waals surface area (Å²) in [5.74, 6) is 0.400. The standard InChI is InChI=1S/C13H16O4/c1-9(14)10-5-2-3-7-12(10)17-13-11(15)6-4-8-16-13/h2-3,5,7,11,13,15H,4,6,8H2,1H3. The van der Waals surface area contributed by atoms with E-state index >= 15 is 0 Å². The van der Waals surface area contributed by atoms with Gasteiger partial charge in [-0.1, -0.05) is 12.1 Å². The van der Waals surface area contributed by atoms with Gasteiger partial charge in [0.15, 0.2) is 5.78 Å². The molecule has 2 rings (SSSR count). The predicted molar refractivity (Wildman–Crippen MR) is 62.1 cm³/mol. The number of carbonyl (C=O) groups excluding carboxylic acids is 1. The Morgan fingerprint density at radius 3 is 2.94 bits per heavy atom. The van der Waals surface area contributed by atoms with Crippen molar-refractivity contribution in [1.29, 1.82) is 0 Å². The maximum Gasteiger partial charge on any atom is 0.226 e. The molecule has 1 aromatic rings. The number of benzene rings is 1. The number of rotatable bonds is 3. The molecule has 1 fully saturated rings. The highest BCUT2D eigenvalue weighted by Gasteiger charge is 2.26. The number of carbonyl (C=O) groups is 1. The Labute approximate surface area is 100 Å². The van der Waals surface area contributed by atoms with Gasteiger partial charge in [0, 0.05) is 0 Å². The van der Waals surface area contributed by atoms with Crippen LogP contribution >= 0.6 is 0 Å². The molecule has 0 saturated carbocycles. The summed E-state index contributed by atoms with van der Waals surface area (Å²) in [5, 5.41) is 9.72. The lowest BCUT2D eigenvalue weighted by Gasteiger charge is -2.28. The first kappa shape index (κ1) is 12.1. The van der Waals surface area contributed by atoms with Crippen LogP contribution in [0.4, 0.5) is 0 Å². The van der Waals surface area contributed by atoms with Gasteiger partial charge < -0.3 is 14.6 Å². The van der Waals surface area contributed by atoms with E-state index in [1.165, 1.54) is 6.92 Å². The lowest BCUT2D eigenvalue weighted by atomic mass is 10.1. The van der Waals surface area contributed by atoms with Crippen molar-refractivity contribution in [3.05, 3.63) is 29.8 Å². The molecule has 92 valence electrons. The van der Waals surface area contributed by atoms with Crippen molar-refractivity contribution in [2.45, 2.75) is 32.2 Å². The number of Topliss-reactive ketones (excluding diaryl/α,β-unsaturated/α-hetero) is 1. The summed E-state index contributed by atoms with van der Waals surface area (Å²) >= 11 is 0. The summed E-state index contributed by atoms with van der Waals surface area (Å²) in [4.78, 5) is 11.4.